The van der Waals surface area contributed by atoms with Crippen LogP contribution in [0.25, 0.3) is 0 Å². The van der Waals surface area contributed by atoms with Crippen molar-refractivity contribution in [1.29, 1.82) is 0 Å². The second-order valence-electron chi connectivity index (χ2n) is 9.45. The van der Waals surface area contributed by atoms with E-state index >= 15 is 0 Å². The highest BCUT2D eigenvalue weighted by molar-refractivity contribution is 7.93. The number of amides is 1. The number of nitrogens with zero attached hydrogens (tertiary/aromatic N) is 3. The van der Waals surface area contributed by atoms with Gasteiger partial charge in [0.15, 0.2) is 17.5 Å². The van der Waals surface area contributed by atoms with Crippen LogP contribution in [-0.2, 0) is 34.3 Å². The van der Waals surface area contributed by atoms with E-state index in [1.807, 2.05) is 13.0 Å². The summed E-state index contributed by atoms with van der Waals surface area (Å²) in [5, 5.41) is 10.0. The standard InChI is InChI=1S/C25H26F3N5O5S/c1-14-23(37-2)13-39(35,36)33(14)22-11-30-32-12-17(29-10-21(22)32)6-15-4-3-5-18(7-15)38-25(34)31-16-8-19(26)24(28)20(27)9-16/h3-5,7-9,11,14,17,23,29H,6,10,12-13H2,1-2H3,(H,31,34)/t14?,17-,23?/m0/s1. The van der Waals surface area contributed by atoms with E-state index < -0.39 is 39.7 Å². The predicted molar refractivity (Wildman–Crippen MR) is 135 cm³/mol. The fourth-order valence-electron chi connectivity index (χ4n) is 4.94. The number of carbonyl (C=O) groups excluding carboxylic acids is 1. The van der Waals surface area contributed by atoms with Crippen LogP contribution in [0, 0.1) is 17.5 Å². The van der Waals surface area contributed by atoms with Crippen LogP contribution in [-0.4, -0.2) is 55.3 Å². The molecule has 0 spiro atoms. The lowest BCUT2D eigenvalue weighted by Crippen LogP contribution is -2.42. The molecule has 0 saturated carbocycles. The Hall–Kier alpha value is -3.62. The van der Waals surface area contributed by atoms with Crippen molar-refractivity contribution in [1.82, 2.24) is 15.1 Å². The molecule has 2 aliphatic heterocycles. The minimum Gasteiger partial charge on any atom is -0.410 e. The summed E-state index contributed by atoms with van der Waals surface area (Å²) in [6.07, 6.45) is 0.692. The van der Waals surface area contributed by atoms with Crippen LogP contribution < -0.4 is 19.7 Å². The van der Waals surface area contributed by atoms with Crippen LogP contribution in [0.2, 0.25) is 0 Å². The van der Waals surface area contributed by atoms with Crippen molar-refractivity contribution in [3.8, 4) is 5.75 Å². The van der Waals surface area contributed by atoms with Crippen LogP contribution in [0.1, 0.15) is 18.2 Å². The second kappa shape index (κ2) is 10.5. The number of nitrogens with one attached hydrogen (secondary N) is 2. The summed E-state index contributed by atoms with van der Waals surface area (Å²) in [4.78, 5) is 12.2. The number of benzene rings is 2. The minimum absolute atomic E-state index is 0.0428. The van der Waals surface area contributed by atoms with Crippen LogP contribution in [0.4, 0.5) is 29.3 Å². The number of aromatic nitrogens is 2. The number of hydrogen-bond acceptors (Lipinski definition) is 7. The molecule has 3 aromatic rings. The first-order valence-electron chi connectivity index (χ1n) is 12.1. The Morgan fingerprint density at radius 2 is 1.95 bits per heavy atom. The summed E-state index contributed by atoms with van der Waals surface area (Å²) < 4.78 is 79.2. The molecule has 3 heterocycles. The molecule has 39 heavy (non-hydrogen) atoms. The molecule has 2 unspecified atom stereocenters. The van der Waals surface area contributed by atoms with Gasteiger partial charge in [-0.3, -0.25) is 14.3 Å². The molecule has 0 radical (unpaired) electrons. The molecular formula is C25H26F3N5O5S. The number of sulfonamides is 1. The third-order valence-corrected chi connectivity index (χ3v) is 8.70. The lowest BCUT2D eigenvalue weighted by molar-refractivity contribution is 0.111. The summed E-state index contributed by atoms with van der Waals surface area (Å²) in [5.74, 6) is -4.39. The van der Waals surface area contributed by atoms with Crippen molar-refractivity contribution in [3.63, 3.8) is 0 Å². The highest BCUT2D eigenvalue weighted by atomic mass is 32.2. The SMILES string of the molecule is COC1CS(=O)(=O)N(c2cnn3c2CN[C@@H](Cc2cccc(OC(=O)Nc4cc(F)c(F)c(F)c4)c2)C3)C1C. The molecule has 2 aromatic carbocycles. The van der Waals surface area contributed by atoms with Crippen molar-refractivity contribution in [3.05, 3.63) is 71.3 Å². The maximum atomic E-state index is 13.4. The zero-order valence-corrected chi connectivity index (χ0v) is 21.8. The summed E-state index contributed by atoms with van der Waals surface area (Å²) in [6, 6.07) is 7.65. The molecule has 1 aromatic heterocycles. The van der Waals surface area contributed by atoms with E-state index in [-0.39, 0.29) is 29.3 Å². The smallest absolute Gasteiger partial charge is 0.410 e. The van der Waals surface area contributed by atoms with E-state index in [4.69, 9.17) is 9.47 Å². The fourth-order valence-corrected chi connectivity index (χ4v) is 7.02. The van der Waals surface area contributed by atoms with Gasteiger partial charge in [-0.1, -0.05) is 12.1 Å². The van der Waals surface area contributed by atoms with Crippen molar-refractivity contribution in [2.75, 3.05) is 22.5 Å². The van der Waals surface area contributed by atoms with Gasteiger partial charge in [-0.05, 0) is 31.0 Å². The average Bonchev–Trinajstić information content (AvgIpc) is 3.38. The van der Waals surface area contributed by atoms with Gasteiger partial charge in [0.25, 0.3) is 0 Å². The van der Waals surface area contributed by atoms with E-state index in [0.29, 0.717) is 37.3 Å². The van der Waals surface area contributed by atoms with E-state index in [2.05, 4.69) is 15.7 Å². The third kappa shape index (κ3) is 5.44. The maximum Gasteiger partial charge on any atom is 0.417 e. The Kier molecular flexibility index (Phi) is 7.27. The van der Waals surface area contributed by atoms with Gasteiger partial charge >= 0.3 is 6.09 Å². The van der Waals surface area contributed by atoms with Gasteiger partial charge in [0, 0.05) is 31.8 Å². The monoisotopic (exact) mass is 565 g/mol. The second-order valence-corrected chi connectivity index (χ2v) is 11.3. The van der Waals surface area contributed by atoms with Gasteiger partial charge in [-0.25, -0.2) is 26.4 Å². The first-order chi connectivity index (χ1) is 18.6. The molecule has 0 aliphatic carbocycles. The molecule has 1 fully saturated rings. The molecule has 5 rings (SSSR count). The molecule has 0 bridgehead atoms. The Labute approximate surface area is 222 Å². The molecule has 14 heteroatoms. The van der Waals surface area contributed by atoms with Gasteiger partial charge in [0.2, 0.25) is 10.0 Å². The van der Waals surface area contributed by atoms with E-state index in [0.717, 1.165) is 11.3 Å². The van der Waals surface area contributed by atoms with Crippen LogP contribution in [0.3, 0.4) is 0 Å². The van der Waals surface area contributed by atoms with Crippen molar-refractivity contribution in [2.45, 2.75) is 44.6 Å². The van der Waals surface area contributed by atoms with Crippen LogP contribution in [0.5, 0.6) is 5.75 Å². The van der Waals surface area contributed by atoms with Gasteiger partial charge in [-0.15, -0.1) is 0 Å². The normalized spacial score (nSPS) is 22.0. The van der Waals surface area contributed by atoms with E-state index in [1.54, 1.807) is 29.1 Å². The zero-order chi connectivity index (χ0) is 27.9. The molecule has 208 valence electrons. The lowest BCUT2D eigenvalue weighted by Gasteiger charge is -2.29. The zero-order valence-electron chi connectivity index (χ0n) is 21.0. The van der Waals surface area contributed by atoms with Gasteiger partial charge in [0.1, 0.15) is 5.75 Å². The molecule has 1 saturated heterocycles. The lowest BCUT2D eigenvalue weighted by atomic mass is 10.0. The Morgan fingerprint density at radius 1 is 1.21 bits per heavy atom. The Morgan fingerprint density at radius 3 is 2.64 bits per heavy atom. The highest BCUT2D eigenvalue weighted by Crippen LogP contribution is 2.34. The molecular weight excluding hydrogens is 539 g/mol. The number of rotatable bonds is 6. The Balaban J connectivity index is 1.23. The minimum atomic E-state index is -3.53. The first kappa shape index (κ1) is 27.0. The number of methoxy groups -OCH3 is 1. The van der Waals surface area contributed by atoms with E-state index in [9.17, 15) is 26.4 Å². The van der Waals surface area contributed by atoms with Gasteiger partial charge < -0.3 is 14.8 Å². The molecule has 10 nitrogen and oxygen atoms in total. The number of fused-ring (bicyclic) bond motifs is 1. The van der Waals surface area contributed by atoms with E-state index in [1.165, 1.54) is 11.4 Å². The summed E-state index contributed by atoms with van der Waals surface area (Å²) in [5.41, 5.74) is 1.85. The number of ether oxygens (including phenoxy) is 2. The van der Waals surface area contributed by atoms with Crippen LogP contribution >= 0.6 is 0 Å². The summed E-state index contributed by atoms with van der Waals surface area (Å²) in [6.45, 7) is 2.70. The summed E-state index contributed by atoms with van der Waals surface area (Å²) in [7, 11) is -2.03. The molecule has 3 atom stereocenters. The predicted octanol–water partition coefficient (Wildman–Crippen LogP) is 3.18. The fraction of sp³-hybridized carbons (Fsp3) is 0.360. The topological polar surface area (TPSA) is 115 Å². The van der Waals surface area contributed by atoms with Crippen LogP contribution in [0.15, 0.2) is 42.6 Å². The number of hydrogen-bond donors (Lipinski definition) is 2. The molecule has 2 aliphatic rings. The molecule has 1 amide bonds. The van der Waals surface area contributed by atoms with Crippen molar-refractivity contribution < 1.29 is 35.9 Å². The number of carbonyl (C=O) groups is 1. The maximum absolute atomic E-state index is 13.4. The summed E-state index contributed by atoms with van der Waals surface area (Å²) >= 11 is 0. The van der Waals surface area contributed by atoms with Crippen molar-refractivity contribution in [2.24, 2.45) is 0 Å². The largest absolute Gasteiger partial charge is 0.417 e. The third-order valence-electron chi connectivity index (χ3n) is 6.82. The highest BCUT2D eigenvalue weighted by Gasteiger charge is 2.44. The van der Waals surface area contributed by atoms with Crippen molar-refractivity contribution >= 4 is 27.5 Å². The first-order valence-corrected chi connectivity index (χ1v) is 13.7. The number of anilines is 2. The quantitative estimate of drug-likeness (QED) is 0.442. The van der Waals surface area contributed by atoms with Gasteiger partial charge in [0.05, 0.1) is 47.7 Å². The van der Waals surface area contributed by atoms with Gasteiger partial charge in [-0.2, -0.15) is 5.10 Å². The number of halogens is 3. The molecule has 2 N–H and O–H groups in total. The Bertz CT molecular complexity index is 1490. The average molecular weight is 566 g/mol.